The Morgan fingerprint density at radius 1 is 1.45 bits per heavy atom. The monoisotopic (exact) mass is 270 g/mol. The minimum Gasteiger partial charge on any atom is -0.355 e. The number of nitrogens with zero attached hydrogens (tertiary/aromatic N) is 3. The van der Waals surface area contributed by atoms with E-state index < -0.39 is 0 Å². The van der Waals surface area contributed by atoms with Crippen LogP contribution in [0.3, 0.4) is 0 Å². The molecule has 4 nitrogen and oxygen atoms in total. The van der Waals surface area contributed by atoms with E-state index >= 15 is 0 Å². The Hall–Kier alpha value is -1.60. The van der Waals surface area contributed by atoms with Gasteiger partial charge < -0.3 is 10.6 Å². The average Bonchev–Trinajstić information content (AvgIpc) is 2.87. The van der Waals surface area contributed by atoms with Gasteiger partial charge in [-0.15, -0.1) is 0 Å². The Balaban J connectivity index is 1.96. The SMILES string of the molecule is CC1(C)CN(c2nc3c(cc2C#N)CCC3)CCC1N. The molecular weight excluding hydrogens is 248 g/mol. The van der Waals surface area contributed by atoms with Gasteiger partial charge in [0.05, 0.1) is 5.56 Å². The number of hydrogen-bond acceptors (Lipinski definition) is 4. The molecule has 1 aliphatic carbocycles. The maximum atomic E-state index is 9.42. The highest BCUT2D eigenvalue weighted by atomic mass is 15.2. The van der Waals surface area contributed by atoms with Crippen LogP contribution < -0.4 is 10.6 Å². The zero-order valence-electron chi connectivity index (χ0n) is 12.3. The van der Waals surface area contributed by atoms with Crippen LogP contribution in [0.4, 0.5) is 5.82 Å². The molecule has 1 aromatic rings. The van der Waals surface area contributed by atoms with Crippen LogP contribution in [0.2, 0.25) is 0 Å². The molecule has 2 heterocycles. The smallest absolute Gasteiger partial charge is 0.146 e. The van der Waals surface area contributed by atoms with Crippen molar-refractivity contribution in [2.45, 2.75) is 45.6 Å². The van der Waals surface area contributed by atoms with Crippen LogP contribution in [0, 0.1) is 16.7 Å². The molecule has 1 aromatic heterocycles. The second-order valence-corrected chi connectivity index (χ2v) is 6.74. The summed E-state index contributed by atoms with van der Waals surface area (Å²) >= 11 is 0. The fourth-order valence-electron chi connectivity index (χ4n) is 3.34. The van der Waals surface area contributed by atoms with Crippen molar-refractivity contribution in [3.8, 4) is 6.07 Å². The van der Waals surface area contributed by atoms with Crippen molar-refractivity contribution in [1.82, 2.24) is 4.98 Å². The zero-order valence-corrected chi connectivity index (χ0v) is 12.3. The van der Waals surface area contributed by atoms with E-state index in [0.29, 0.717) is 0 Å². The van der Waals surface area contributed by atoms with Crippen molar-refractivity contribution in [2.24, 2.45) is 11.1 Å². The van der Waals surface area contributed by atoms with Crippen LogP contribution in [0.5, 0.6) is 0 Å². The van der Waals surface area contributed by atoms with Crippen molar-refractivity contribution >= 4 is 5.82 Å². The standard InChI is InChI=1S/C16H22N4/c1-16(2)10-20(7-6-14(16)18)15-12(9-17)8-11-4-3-5-13(11)19-15/h8,14H,3-7,10,18H2,1-2H3. The maximum Gasteiger partial charge on any atom is 0.146 e. The average molecular weight is 270 g/mol. The number of rotatable bonds is 1. The second kappa shape index (κ2) is 4.75. The van der Waals surface area contributed by atoms with Crippen LogP contribution in [-0.2, 0) is 12.8 Å². The third-order valence-corrected chi connectivity index (χ3v) is 4.76. The molecule has 3 rings (SSSR count). The molecule has 2 N–H and O–H groups in total. The molecule has 1 fully saturated rings. The maximum absolute atomic E-state index is 9.42. The highest BCUT2D eigenvalue weighted by molar-refractivity contribution is 5.57. The number of aromatic nitrogens is 1. The molecule has 0 aromatic carbocycles. The number of nitrogens with two attached hydrogens (primary N) is 1. The van der Waals surface area contributed by atoms with Gasteiger partial charge in [0.1, 0.15) is 11.9 Å². The molecule has 4 heteroatoms. The summed E-state index contributed by atoms with van der Waals surface area (Å²) < 4.78 is 0. The van der Waals surface area contributed by atoms with E-state index in [-0.39, 0.29) is 11.5 Å². The first kappa shape index (κ1) is 13.4. The van der Waals surface area contributed by atoms with Gasteiger partial charge in [-0.1, -0.05) is 13.8 Å². The Morgan fingerprint density at radius 2 is 2.25 bits per heavy atom. The first-order chi connectivity index (χ1) is 9.51. The third kappa shape index (κ3) is 2.16. The van der Waals surface area contributed by atoms with Gasteiger partial charge in [-0.25, -0.2) is 4.98 Å². The van der Waals surface area contributed by atoms with Gasteiger partial charge in [0, 0.05) is 24.8 Å². The summed E-state index contributed by atoms with van der Waals surface area (Å²) in [5.74, 6) is 0.869. The van der Waals surface area contributed by atoms with Crippen molar-refractivity contribution in [1.29, 1.82) is 5.26 Å². The highest BCUT2D eigenvalue weighted by Crippen LogP contribution is 2.33. The minimum atomic E-state index is 0.0612. The summed E-state index contributed by atoms with van der Waals surface area (Å²) in [7, 11) is 0. The van der Waals surface area contributed by atoms with Crippen LogP contribution in [-0.4, -0.2) is 24.1 Å². The first-order valence-electron chi connectivity index (χ1n) is 7.45. The topological polar surface area (TPSA) is 65.9 Å². The number of nitriles is 1. The molecule has 2 aliphatic rings. The van der Waals surface area contributed by atoms with Crippen LogP contribution in [0.1, 0.15) is 43.5 Å². The Bertz CT molecular complexity index is 571. The first-order valence-corrected chi connectivity index (χ1v) is 7.45. The molecule has 0 amide bonds. The molecule has 0 radical (unpaired) electrons. The molecule has 20 heavy (non-hydrogen) atoms. The predicted octanol–water partition coefficient (Wildman–Crippen LogP) is 2.01. The van der Waals surface area contributed by atoms with E-state index in [1.165, 1.54) is 11.3 Å². The summed E-state index contributed by atoms with van der Waals surface area (Å²) in [5.41, 5.74) is 9.43. The number of aryl methyl sites for hydroxylation is 2. The van der Waals surface area contributed by atoms with Crippen LogP contribution in [0.25, 0.3) is 0 Å². The third-order valence-electron chi connectivity index (χ3n) is 4.76. The fourth-order valence-corrected chi connectivity index (χ4v) is 3.34. The summed E-state index contributed by atoms with van der Waals surface area (Å²) in [6.07, 6.45) is 4.22. The van der Waals surface area contributed by atoms with Gasteiger partial charge in [-0.2, -0.15) is 5.26 Å². The lowest BCUT2D eigenvalue weighted by atomic mass is 9.79. The van der Waals surface area contributed by atoms with E-state index in [9.17, 15) is 5.26 Å². The van der Waals surface area contributed by atoms with Gasteiger partial charge in [0.2, 0.25) is 0 Å². The van der Waals surface area contributed by atoms with Gasteiger partial charge in [-0.05, 0) is 42.7 Å². The summed E-state index contributed by atoms with van der Waals surface area (Å²) in [6.45, 7) is 6.16. The van der Waals surface area contributed by atoms with E-state index in [2.05, 4.69) is 24.8 Å². The number of piperidine rings is 1. The molecule has 1 aliphatic heterocycles. The van der Waals surface area contributed by atoms with Crippen molar-refractivity contribution in [2.75, 3.05) is 18.0 Å². The Morgan fingerprint density at radius 3 is 2.95 bits per heavy atom. The van der Waals surface area contributed by atoms with Crippen LogP contribution >= 0.6 is 0 Å². The molecular formula is C16H22N4. The molecule has 0 bridgehead atoms. The van der Waals surface area contributed by atoms with E-state index in [4.69, 9.17) is 10.7 Å². The van der Waals surface area contributed by atoms with E-state index in [1.54, 1.807) is 0 Å². The summed E-state index contributed by atoms with van der Waals surface area (Å²) in [5, 5.41) is 9.42. The van der Waals surface area contributed by atoms with Crippen molar-refractivity contribution in [3.63, 3.8) is 0 Å². The lowest BCUT2D eigenvalue weighted by molar-refractivity contribution is 0.244. The number of hydrogen-bond donors (Lipinski definition) is 1. The van der Waals surface area contributed by atoms with Gasteiger partial charge >= 0.3 is 0 Å². The summed E-state index contributed by atoms with van der Waals surface area (Å²) in [6, 6.07) is 4.59. The molecule has 0 spiro atoms. The zero-order chi connectivity index (χ0) is 14.3. The number of fused-ring (bicyclic) bond motifs is 1. The number of anilines is 1. The number of pyridine rings is 1. The molecule has 0 saturated carbocycles. The lowest BCUT2D eigenvalue weighted by Gasteiger charge is -2.43. The quantitative estimate of drug-likeness (QED) is 0.847. The summed E-state index contributed by atoms with van der Waals surface area (Å²) in [4.78, 5) is 7.05. The van der Waals surface area contributed by atoms with Crippen LogP contribution in [0.15, 0.2) is 6.07 Å². The molecule has 1 unspecified atom stereocenters. The van der Waals surface area contributed by atoms with Gasteiger partial charge in [-0.3, -0.25) is 0 Å². The largest absolute Gasteiger partial charge is 0.355 e. The Kier molecular flexibility index (Phi) is 3.18. The van der Waals surface area contributed by atoms with Crippen molar-refractivity contribution in [3.05, 3.63) is 22.9 Å². The van der Waals surface area contributed by atoms with E-state index in [1.807, 2.05) is 6.07 Å². The second-order valence-electron chi connectivity index (χ2n) is 6.74. The van der Waals surface area contributed by atoms with Crippen molar-refractivity contribution < 1.29 is 0 Å². The highest BCUT2D eigenvalue weighted by Gasteiger charge is 2.35. The molecule has 1 atom stereocenters. The predicted molar refractivity (Wildman–Crippen MR) is 79.6 cm³/mol. The van der Waals surface area contributed by atoms with Gasteiger partial charge in [0.15, 0.2) is 0 Å². The fraction of sp³-hybridized carbons (Fsp3) is 0.625. The molecule has 1 saturated heterocycles. The molecule has 106 valence electrons. The normalized spacial score (nSPS) is 24.3. The van der Waals surface area contributed by atoms with E-state index in [0.717, 1.165) is 50.2 Å². The lowest BCUT2D eigenvalue weighted by Crippen LogP contribution is -2.52. The van der Waals surface area contributed by atoms with Gasteiger partial charge in [0.25, 0.3) is 0 Å². The Labute approximate surface area is 120 Å². The minimum absolute atomic E-state index is 0.0612.